The summed E-state index contributed by atoms with van der Waals surface area (Å²) in [7, 11) is 1.66. The summed E-state index contributed by atoms with van der Waals surface area (Å²) in [5, 5.41) is 30.7. The molecule has 2 N–H and O–H groups in total. The van der Waals surface area contributed by atoms with Crippen molar-refractivity contribution in [2.24, 2.45) is 0 Å². The van der Waals surface area contributed by atoms with E-state index in [0.29, 0.717) is 22.1 Å². The number of rotatable bonds is 5. The third kappa shape index (κ3) is 3.40. The molecule has 2 heterocycles. The molecule has 0 radical (unpaired) electrons. The van der Waals surface area contributed by atoms with Gasteiger partial charge in [-0.05, 0) is 49.6 Å². The first-order valence-corrected chi connectivity index (χ1v) is 10.6. The van der Waals surface area contributed by atoms with Crippen LogP contribution in [0.4, 0.5) is 0 Å². The van der Waals surface area contributed by atoms with E-state index in [1.165, 1.54) is 6.07 Å². The number of aromatic hydroxyl groups is 2. The minimum absolute atomic E-state index is 0.0502. The first-order valence-electron chi connectivity index (χ1n) is 10.1. The van der Waals surface area contributed by atoms with Gasteiger partial charge in [0.25, 0.3) is 0 Å². The molecule has 2 aromatic heterocycles. The van der Waals surface area contributed by atoms with E-state index in [-0.39, 0.29) is 23.5 Å². The number of aromatic nitrogens is 4. The molecule has 162 valence electrons. The third-order valence-corrected chi connectivity index (χ3v) is 5.78. The van der Waals surface area contributed by atoms with E-state index in [1.807, 2.05) is 38.2 Å². The molecule has 0 unspecified atom stereocenters. The molecule has 0 spiro atoms. The van der Waals surface area contributed by atoms with Crippen LogP contribution in [-0.4, -0.2) is 36.7 Å². The average molecular weight is 439 g/mol. The molecule has 4 rings (SSSR count). The van der Waals surface area contributed by atoms with Crippen LogP contribution in [0.2, 0.25) is 0 Å². The predicted molar refractivity (Wildman–Crippen MR) is 124 cm³/mol. The van der Waals surface area contributed by atoms with Crippen LogP contribution in [0, 0.1) is 0 Å². The van der Waals surface area contributed by atoms with Gasteiger partial charge in [0.2, 0.25) is 0 Å². The molecule has 0 amide bonds. The second-order valence-corrected chi connectivity index (χ2v) is 8.51. The fourth-order valence-corrected chi connectivity index (χ4v) is 4.18. The summed E-state index contributed by atoms with van der Waals surface area (Å²) < 4.78 is 9.57. The summed E-state index contributed by atoms with van der Waals surface area (Å²) >= 11 is 4.54. The topological polar surface area (TPSA) is 85.3 Å². The molecule has 4 aromatic rings. The Morgan fingerprint density at radius 2 is 1.74 bits per heavy atom. The van der Waals surface area contributed by atoms with Crippen LogP contribution in [0.15, 0.2) is 41.7 Å². The Balaban J connectivity index is 2.01. The highest BCUT2D eigenvalue weighted by molar-refractivity contribution is 7.80. The minimum atomic E-state index is -0.0756. The lowest BCUT2D eigenvalue weighted by atomic mass is 9.98. The summed E-state index contributed by atoms with van der Waals surface area (Å²) in [4.78, 5) is 0. The van der Waals surface area contributed by atoms with Crippen LogP contribution in [0.5, 0.6) is 17.2 Å². The van der Waals surface area contributed by atoms with Crippen molar-refractivity contribution in [2.45, 2.75) is 44.8 Å². The Hall–Kier alpha value is -3.13. The number of nitrogens with zero attached hydrogens (tertiary/aromatic N) is 4. The van der Waals surface area contributed by atoms with Gasteiger partial charge in [-0.25, -0.2) is 0 Å². The Kier molecular flexibility index (Phi) is 5.35. The van der Waals surface area contributed by atoms with Crippen molar-refractivity contribution in [3.8, 4) is 34.3 Å². The minimum Gasteiger partial charge on any atom is -0.508 e. The van der Waals surface area contributed by atoms with Crippen molar-refractivity contribution in [3.63, 3.8) is 0 Å². The van der Waals surface area contributed by atoms with E-state index < -0.39 is 0 Å². The first-order chi connectivity index (χ1) is 14.7. The van der Waals surface area contributed by atoms with Gasteiger partial charge in [-0.3, -0.25) is 4.57 Å². The SMILES string of the molecule is COc1ccc(-n2c(S)nnc2-c2cc(C(C)C)c(O)cc2O)c2ccn(C(C)C)c12. The number of phenolic OH excluding ortho intramolecular Hbond substituents is 2. The molecule has 0 aliphatic heterocycles. The third-order valence-electron chi connectivity index (χ3n) is 5.49. The lowest BCUT2D eigenvalue weighted by molar-refractivity contribution is 0.416. The van der Waals surface area contributed by atoms with Gasteiger partial charge in [-0.15, -0.1) is 22.8 Å². The molecule has 31 heavy (non-hydrogen) atoms. The van der Waals surface area contributed by atoms with Crippen LogP contribution >= 0.6 is 12.6 Å². The summed E-state index contributed by atoms with van der Waals surface area (Å²) in [5.74, 6) is 1.25. The van der Waals surface area contributed by atoms with Gasteiger partial charge in [0, 0.05) is 23.7 Å². The van der Waals surface area contributed by atoms with E-state index >= 15 is 0 Å². The maximum atomic E-state index is 10.6. The Morgan fingerprint density at radius 1 is 1.00 bits per heavy atom. The maximum absolute atomic E-state index is 10.6. The number of phenols is 2. The van der Waals surface area contributed by atoms with Crippen molar-refractivity contribution in [1.82, 2.24) is 19.3 Å². The molecule has 7 nitrogen and oxygen atoms in total. The molecule has 0 bridgehead atoms. The Bertz CT molecular complexity index is 1270. The van der Waals surface area contributed by atoms with Crippen LogP contribution in [-0.2, 0) is 0 Å². The zero-order valence-electron chi connectivity index (χ0n) is 18.2. The van der Waals surface area contributed by atoms with Gasteiger partial charge < -0.3 is 19.5 Å². The predicted octanol–water partition coefficient (Wildman–Crippen LogP) is 5.30. The largest absolute Gasteiger partial charge is 0.508 e. The van der Waals surface area contributed by atoms with Crippen LogP contribution in [0.1, 0.15) is 45.2 Å². The number of thiol groups is 1. The van der Waals surface area contributed by atoms with E-state index in [2.05, 4.69) is 41.2 Å². The van der Waals surface area contributed by atoms with E-state index in [4.69, 9.17) is 4.74 Å². The fourth-order valence-electron chi connectivity index (χ4n) is 3.94. The second-order valence-electron chi connectivity index (χ2n) is 8.11. The first kappa shape index (κ1) is 21.1. The van der Waals surface area contributed by atoms with Gasteiger partial charge >= 0.3 is 0 Å². The standard InChI is InChI=1S/C23H26N4O3S/c1-12(2)15-10-16(19(29)11-18(15)28)22-24-25-23(31)27(22)17-6-7-20(30-5)21-14(17)8-9-26(21)13(3)4/h6-13,28-29H,1-5H3,(H,25,31). The fraction of sp³-hybridized carbons (Fsp3) is 0.304. The van der Waals surface area contributed by atoms with Crippen LogP contribution < -0.4 is 4.74 Å². The number of ether oxygens (including phenoxy) is 1. The van der Waals surface area contributed by atoms with E-state index in [0.717, 1.165) is 22.3 Å². The van der Waals surface area contributed by atoms with Crippen molar-refractivity contribution in [3.05, 3.63) is 42.1 Å². The zero-order chi connectivity index (χ0) is 22.4. The molecule has 0 saturated carbocycles. The van der Waals surface area contributed by atoms with Crippen LogP contribution in [0.3, 0.4) is 0 Å². The highest BCUT2D eigenvalue weighted by Gasteiger charge is 2.22. The van der Waals surface area contributed by atoms with Gasteiger partial charge in [0.1, 0.15) is 17.2 Å². The molecule has 0 fully saturated rings. The summed E-state index contributed by atoms with van der Waals surface area (Å²) in [6.45, 7) is 8.18. The second kappa shape index (κ2) is 7.85. The average Bonchev–Trinajstić information content (AvgIpc) is 3.31. The molecule has 2 aromatic carbocycles. The molecular formula is C23H26N4O3S. The number of methoxy groups -OCH3 is 1. The van der Waals surface area contributed by atoms with Gasteiger partial charge in [-0.1, -0.05) is 13.8 Å². The normalized spacial score (nSPS) is 11.7. The lowest BCUT2D eigenvalue weighted by Crippen LogP contribution is -2.03. The quantitative estimate of drug-likeness (QED) is 0.368. The highest BCUT2D eigenvalue weighted by Crippen LogP contribution is 2.40. The van der Waals surface area contributed by atoms with Crippen molar-refractivity contribution in [2.75, 3.05) is 7.11 Å². The smallest absolute Gasteiger partial charge is 0.193 e. The maximum Gasteiger partial charge on any atom is 0.193 e. The van der Waals surface area contributed by atoms with Gasteiger partial charge in [-0.2, -0.15) is 0 Å². The Morgan fingerprint density at radius 3 is 2.39 bits per heavy atom. The van der Waals surface area contributed by atoms with E-state index in [9.17, 15) is 10.2 Å². The lowest BCUT2D eigenvalue weighted by Gasteiger charge is -2.16. The monoisotopic (exact) mass is 438 g/mol. The molecule has 0 aliphatic carbocycles. The van der Waals surface area contributed by atoms with Crippen molar-refractivity contribution >= 4 is 23.5 Å². The molecule has 0 aliphatic rings. The molecule has 8 heteroatoms. The van der Waals surface area contributed by atoms with Crippen LogP contribution in [0.25, 0.3) is 28.0 Å². The number of hydrogen-bond acceptors (Lipinski definition) is 6. The van der Waals surface area contributed by atoms with E-state index in [1.54, 1.807) is 17.7 Å². The van der Waals surface area contributed by atoms with Gasteiger partial charge in [0.05, 0.1) is 23.9 Å². The van der Waals surface area contributed by atoms with Gasteiger partial charge in [0.15, 0.2) is 11.0 Å². The van der Waals surface area contributed by atoms with Crippen molar-refractivity contribution < 1.29 is 14.9 Å². The molecule has 0 saturated heterocycles. The summed E-state index contributed by atoms with van der Waals surface area (Å²) in [6.07, 6.45) is 2.03. The Labute approximate surface area is 186 Å². The van der Waals surface area contributed by atoms with Crippen molar-refractivity contribution in [1.29, 1.82) is 0 Å². The summed E-state index contributed by atoms with van der Waals surface area (Å²) in [6, 6.07) is 9.21. The summed E-state index contributed by atoms with van der Waals surface area (Å²) in [5.41, 5.74) is 2.97. The number of benzene rings is 2. The number of hydrogen-bond donors (Lipinski definition) is 3. The molecule has 0 atom stereocenters. The number of fused-ring (bicyclic) bond motifs is 1. The molecular weight excluding hydrogens is 412 g/mol. The highest BCUT2D eigenvalue weighted by atomic mass is 32.1. The zero-order valence-corrected chi connectivity index (χ0v) is 19.1.